The maximum Gasteiger partial charge on any atom is 0.407 e. The fourth-order valence-electron chi connectivity index (χ4n) is 9.06. The van der Waals surface area contributed by atoms with E-state index < -0.39 is 40.6 Å². The number of esters is 1. The Kier molecular flexibility index (Phi) is 6.38. The molecule has 2 N–H and O–H groups in total. The lowest BCUT2D eigenvalue weighted by atomic mass is 9.47. The normalized spacial score (nSPS) is 36.7. The number of amides is 1. The van der Waals surface area contributed by atoms with Crippen LogP contribution in [0.25, 0.3) is 0 Å². The van der Waals surface area contributed by atoms with E-state index in [4.69, 9.17) is 14.2 Å². The highest BCUT2D eigenvalue weighted by molar-refractivity contribution is 5.72. The lowest BCUT2D eigenvalue weighted by Crippen LogP contribution is -2.81. The minimum absolute atomic E-state index is 0.0113. The first-order chi connectivity index (χ1) is 18.7. The van der Waals surface area contributed by atoms with Gasteiger partial charge in [-0.3, -0.25) is 9.69 Å². The Bertz CT molecular complexity index is 1180. The van der Waals surface area contributed by atoms with Crippen LogP contribution in [0.3, 0.4) is 0 Å². The number of ether oxygens (including phenoxy) is 3. The van der Waals surface area contributed by atoms with Crippen molar-refractivity contribution in [2.24, 2.45) is 5.41 Å². The molecule has 0 unspecified atom stereocenters. The Balaban J connectivity index is 1.49. The average Bonchev–Trinajstić information content (AvgIpc) is 3.64. The van der Waals surface area contributed by atoms with E-state index in [-0.39, 0.29) is 18.7 Å². The SMILES string of the molecule is CC[C@]12C=CCN3CC[C@@]4(c5ccc(OC)cc5N(C)[C@H]4[C@@](O)(CNC(=O)OC4CCCC4)[C@@H]1OC(C)=O)[C@@H]32. The van der Waals surface area contributed by atoms with E-state index in [0.717, 1.165) is 56.6 Å². The number of methoxy groups -OCH3 is 1. The molecule has 1 spiro atoms. The van der Waals surface area contributed by atoms with E-state index in [9.17, 15) is 14.7 Å². The first-order valence-electron chi connectivity index (χ1n) is 14.4. The lowest BCUT2D eigenvalue weighted by Gasteiger charge is -2.64. The van der Waals surface area contributed by atoms with Gasteiger partial charge < -0.3 is 29.5 Å². The molecule has 1 aromatic carbocycles. The molecule has 3 fully saturated rings. The third-order valence-electron chi connectivity index (χ3n) is 10.3. The van der Waals surface area contributed by atoms with Crippen LogP contribution in [0.2, 0.25) is 0 Å². The number of carbonyl (C=O) groups is 2. The predicted molar refractivity (Wildman–Crippen MR) is 146 cm³/mol. The monoisotopic (exact) mass is 539 g/mol. The molecule has 1 amide bonds. The summed E-state index contributed by atoms with van der Waals surface area (Å²) in [4.78, 5) is 30.2. The summed E-state index contributed by atoms with van der Waals surface area (Å²) in [5.41, 5.74) is -0.531. The Hall–Kier alpha value is -2.78. The molecule has 2 aliphatic carbocycles. The molecule has 6 atom stereocenters. The van der Waals surface area contributed by atoms with Crippen molar-refractivity contribution in [3.05, 3.63) is 35.9 Å². The first kappa shape index (κ1) is 26.4. The van der Waals surface area contributed by atoms with Crippen LogP contribution in [-0.2, 0) is 19.7 Å². The van der Waals surface area contributed by atoms with Crippen LogP contribution in [0.5, 0.6) is 5.75 Å². The summed E-state index contributed by atoms with van der Waals surface area (Å²) in [6, 6.07) is 5.72. The minimum atomic E-state index is -1.61. The zero-order valence-electron chi connectivity index (χ0n) is 23.4. The Morgan fingerprint density at radius 1 is 1.18 bits per heavy atom. The number of hydrogen-bond acceptors (Lipinski definition) is 8. The maximum atomic E-state index is 13.0. The van der Waals surface area contributed by atoms with Gasteiger partial charge in [-0.15, -0.1) is 0 Å². The van der Waals surface area contributed by atoms with E-state index in [1.54, 1.807) is 7.11 Å². The molecule has 2 saturated carbocycles. The second-order valence-electron chi connectivity index (χ2n) is 12.1. The van der Waals surface area contributed by atoms with Gasteiger partial charge in [0.05, 0.1) is 19.7 Å². The molecule has 1 saturated heterocycles. The molecule has 0 radical (unpaired) electrons. The number of carbonyl (C=O) groups excluding carboxylic acids is 2. The number of rotatable bonds is 6. The largest absolute Gasteiger partial charge is 0.497 e. The van der Waals surface area contributed by atoms with Crippen molar-refractivity contribution in [1.29, 1.82) is 0 Å². The summed E-state index contributed by atoms with van der Waals surface area (Å²) in [6.45, 7) is 5.08. The molecular weight excluding hydrogens is 498 g/mol. The van der Waals surface area contributed by atoms with E-state index in [1.165, 1.54) is 12.5 Å². The number of anilines is 1. The number of likely N-dealkylation sites (N-methyl/N-ethyl adjacent to an activating group) is 1. The zero-order valence-corrected chi connectivity index (χ0v) is 23.4. The topological polar surface area (TPSA) is 101 Å². The molecule has 0 aromatic heterocycles. The molecule has 3 aliphatic heterocycles. The van der Waals surface area contributed by atoms with Crippen molar-refractivity contribution in [3.8, 4) is 5.75 Å². The number of nitrogens with zero attached hydrogens (tertiary/aromatic N) is 2. The van der Waals surface area contributed by atoms with Crippen LogP contribution in [-0.4, -0.2) is 85.8 Å². The van der Waals surface area contributed by atoms with Crippen LogP contribution < -0.4 is 15.0 Å². The van der Waals surface area contributed by atoms with Crippen LogP contribution in [0, 0.1) is 5.41 Å². The third-order valence-corrected chi connectivity index (χ3v) is 10.3. The van der Waals surface area contributed by atoms with Gasteiger partial charge in [-0.2, -0.15) is 0 Å². The quantitative estimate of drug-likeness (QED) is 0.420. The van der Waals surface area contributed by atoms with E-state index in [0.29, 0.717) is 6.42 Å². The molecule has 6 rings (SSSR count). The van der Waals surface area contributed by atoms with Crippen molar-refractivity contribution < 1.29 is 28.9 Å². The van der Waals surface area contributed by atoms with Gasteiger partial charge in [0, 0.05) is 49.1 Å². The summed E-state index contributed by atoms with van der Waals surface area (Å²) >= 11 is 0. The number of fused-ring (bicyclic) bond motifs is 1. The Morgan fingerprint density at radius 3 is 2.64 bits per heavy atom. The van der Waals surface area contributed by atoms with E-state index in [1.807, 2.05) is 19.2 Å². The van der Waals surface area contributed by atoms with Crippen LogP contribution in [0.1, 0.15) is 57.9 Å². The van der Waals surface area contributed by atoms with Gasteiger partial charge >= 0.3 is 12.1 Å². The standard InChI is InChI=1S/C30H41N3O6/c1-5-28-13-8-15-33-16-14-29(24(28)33)22-12-11-21(37-4)17-23(22)32(3)25(29)30(36,26(28)38-19(2)34)18-31-27(35)39-20-9-6-7-10-20/h8,11-13,17,20,24-26,36H,5-7,9-10,14-16,18H2,1-4H3,(H,31,35)/t24-,25+,26+,28+,29+,30-/m0/s1. The van der Waals surface area contributed by atoms with Crippen molar-refractivity contribution in [2.75, 3.05) is 38.7 Å². The van der Waals surface area contributed by atoms with E-state index >= 15 is 0 Å². The highest BCUT2D eigenvalue weighted by atomic mass is 16.6. The van der Waals surface area contributed by atoms with Crippen molar-refractivity contribution in [3.63, 3.8) is 0 Å². The van der Waals surface area contributed by atoms with Crippen LogP contribution >= 0.6 is 0 Å². The zero-order chi connectivity index (χ0) is 27.6. The minimum Gasteiger partial charge on any atom is -0.497 e. The third kappa shape index (κ3) is 3.65. The van der Waals surface area contributed by atoms with Gasteiger partial charge in [0.1, 0.15) is 23.6 Å². The second kappa shape index (κ2) is 9.41. The molecule has 0 bridgehead atoms. The van der Waals surface area contributed by atoms with Gasteiger partial charge in [0.25, 0.3) is 0 Å². The van der Waals surface area contributed by atoms with E-state index in [2.05, 4.69) is 40.3 Å². The van der Waals surface area contributed by atoms with Crippen LogP contribution in [0.4, 0.5) is 10.5 Å². The highest BCUT2D eigenvalue weighted by Gasteiger charge is 2.77. The van der Waals surface area contributed by atoms with Gasteiger partial charge in [-0.05, 0) is 56.7 Å². The van der Waals surface area contributed by atoms with Crippen molar-refractivity contribution >= 4 is 17.7 Å². The number of hydrogen-bond donors (Lipinski definition) is 2. The molecule has 9 nitrogen and oxygen atoms in total. The number of benzene rings is 1. The first-order valence-corrected chi connectivity index (χ1v) is 14.4. The van der Waals surface area contributed by atoms with Gasteiger partial charge in [-0.1, -0.05) is 25.1 Å². The Labute approximate surface area is 230 Å². The van der Waals surface area contributed by atoms with Crippen molar-refractivity contribution in [1.82, 2.24) is 10.2 Å². The fraction of sp³-hybridized carbons (Fsp3) is 0.667. The molecular formula is C30H41N3O6. The van der Waals surface area contributed by atoms with Crippen LogP contribution in [0.15, 0.2) is 30.4 Å². The lowest BCUT2D eigenvalue weighted by molar-refractivity contribution is -0.217. The fourth-order valence-corrected chi connectivity index (χ4v) is 9.06. The smallest absolute Gasteiger partial charge is 0.407 e. The summed E-state index contributed by atoms with van der Waals surface area (Å²) in [6.07, 6.45) is 8.15. The molecule has 1 aromatic rings. The summed E-state index contributed by atoms with van der Waals surface area (Å²) in [7, 11) is 3.64. The molecule has 3 heterocycles. The average molecular weight is 540 g/mol. The number of aliphatic hydroxyl groups is 1. The van der Waals surface area contributed by atoms with Crippen molar-refractivity contribution in [2.45, 2.75) is 87.7 Å². The molecule has 5 aliphatic rings. The molecule has 212 valence electrons. The van der Waals surface area contributed by atoms with Gasteiger partial charge in [-0.25, -0.2) is 4.79 Å². The van der Waals surface area contributed by atoms with Gasteiger partial charge in [0.15, 0.2) is 0 Å². The van der Waals surface area contributed by atoms with Gasteiger partial charge in [0.2, 0.25) is 0 Å². The number of alkyl carbamates (subject to hydrolysis) is 1. The highest BCUT2D eigenvalue weighted by Crippen LogP contribution is 2.67. The number of nitrogens with one attached hydrogen (secondary N) is 1. The molecule has 39 heavy (non-hydrogen) atoms. The second-order valence-corrected chi connectivity index (χ2v) is 12.1. The Morgan fingerprint density at radius 2 is 1.95 bits per heavy atom. The molecule has 9 heteroatoms. The maximum absolute atomic E-state index is 13.0. The summed E-state index contributed by atoms with van der Waals surface area (Å²) in [5.74, 6) is 0.296. The summed E-state index contributed by atoms with van der Waals surface area (Å²) < 4.78 is 17.4. The summed E-state index contributed by atoms with van der Waals surface area (Å²) in [5, 5.41) is 15.9. The predicted octanol–water partition coefficient (Wildman–Crippen LogP) is 3.14.